The molecule has 4 atom stereocenters. The number of hydrogen-bond acceptors (Lipinski definition) is 4. The van der Waals surface area contributed by atoms with Crippen LogP contribution >= 0.6 is 0 Å². The van der Waals surface area contributed by atoms with Gasteiger partial charge >= 0.3 is 6.18 Å². The monoisotopic (exact) mass is 309 g/mol. The molecule has 0 amide bonds. The highest BCUT2D eigenvalue weighted by molar-refractivity contribution is 5.48. The van der Waals surface area contributed by atoms with Crippen LogP contribution in [0.15, 0.2) is 12.4 Å². The first-order valence-electron chi connectivity index (χ1n) is 7.57. The van der Waals surface area contributed by atoms with Crippen molar-refractivity contribution in [2.75, 3.05) is 5.32 Å². The highest BCUT2D eigenvalue weighted by Crippen LogP contribution is 2.66. The van der Waals surface area contributed by atoms with Gasteiger partial charge in [0.15, 0.2) is 5.69 Å². The Bertz CT molecular complexity index is 739. The van der Waals surface area contributed by atoms with Crippen molar-refractivity contribution in [2.45, 2.75) is 31.5 Å². The Morgan fingerprint density at radius 3 is 2.59 bits per heavy atom. The van der Waals surface area contributed by atoms with Crippen LogP contribution in [-0.2, 0) is 6.18 Å². The molecule has 2 aromatic rings. The Kier molecular flexibility index (Phi) is 2.25. The molecule has 2 heterocycles. The van der Waals surface area contributed by atoms with Crippen molar-refractivity contribution in [1.82, 2.24) is 19.6 Å². The Morgan fingerprint density at radius 1 is 1.18 bits per heavy atom. The minimum atomic E-state index is -4.48. The summed E-state index contributed by atoms with van der Waals surface area (Å²) in [6.07, 6.45) is 0.587. The first kappa shape index (κ1) is 12.7. The largest absolute Gasteiger partial charge is 0.433 e. The highest BCUT2D eigenvalue weighted by atomic mass is 19.4. The van der Waals surface area contributed by atoms with E-state index in [2.05, 4.69) is 20.4 Å². The van der Waals surface area contributed by atoms with Crippen molar-refractivity contribution in [3.8, 4) is 0 Å². The van der Waals surface area contributed by atoms with Gasteiger partial charge in [0.05, 0.1) is 0 Å². The average molecular weight is 309 g/mol. The van der Waals surface area contributed by atoms with Crippen LogP contribution in [0.25, 0.3) is 5.78 Å². The third-order valence-electron chi connectivity index (χ3n) is 5.59. The summed E-state index contributed by atoms with van der Waals surface area (Å²) in [4.78, 5) is 7.33. The van der Waals surface area contributed by atoms with Crippen molar-refractivity contribution in [2.24, 2.45) is 23.7 Å². The summed E-state index contributed by atoms with van der Waals surface area (Å²) in [6.45, 7) is 0. The second-order valence-corrected chi connectivity index (χ2v) is 6.65. The molecule has 8 heteroatoms. The number of fused-ring (bicyclic) bond motifs is 6. The predicted octanol–water partition coefficient (Wildman–Crippen LogP) is 2.60. The Labute approximate surface area is 123 Å². The lowest BCUT2D eigenvalue weighted by molar-refractivity contribution is -0.141. The van der Waals surface area contributed by atoms with Crippen LogP contribution < -0.4 is 5.32 Å². The molecule has 0 spiro atoms. The molecular weight excluding hydrogens is 295 g/mol. The van der Waals surface area contributed by atoms with E-state index in [4.69, 9.17) is 0 Å². The molecule has 4 unspecified atom stereocenters. The summed E-state index contributed by atoms with van der Waals surface area (Å²) in [5.41, 5.74) is -0.927. The van der Waals surface area contributed by atoms with Gasteiger partial charge in [0.25, 0.3) is 5.78 Å². The van der Waals surface area contributed by atoms with E-state index in [1.807, 2.05) is 0 Å². The third kappa shape index (κ3) is 1.63. The van der Waals surface area contributed by atoms with Gasteiger partial charge in [-0.25, -0.2) is 4.98 Å². The average Bonchev–Trinajstić information content (AvgIpc) is 2.91. The molecule has 22 heavy (non-hydrogen) atoms. The van der Waals surface area contributed by atoms with E-state index >= 15 is 0 Å². The lowest BCUT2D eigenvalue weighted by Crippen LogP contribution is -2.18. The Hall–Kier alpha value is -1.86. The number of rotatable bonds is 2. The van der Waals surface area contributed by atoms with Gasteiger partial charge in [0.2, 0.25) is 0 Å². The number of aromatic nitrogens is 4. The van der Waals surface area contributed by atoms with Crippen molar-refractivity contribution in [1.29, 1.82) is 0 Å². The van der Waals surface area contributed by atoms with Gasteiger partial charge in [-0.2, -0.15) is 27.8 Å². The Morgan fingerprint density at radius 2 is 1.91 bits per heavy atom. The Balaban J connectivity index is 1.50. The van der Waals surface area contributed by atoms with Crippen molar-refractivity contribution >= 4 is 11.6 Å². The van der Waals surface area contributed by atoms with Gasteiger partial charge in [0.1, 0.15) is 12.1 Å². The van der Waals surface area contributed by atoms with E-state index in [1.165, 1.54) is 30.1 Å². The van der Waals surface area contributed by atoms with Crippen LogP contribution in [0.3, 0.4) is 0 Å². The number of nitrogens with zero attached hydrogens (tertiary/aromatic N) is 4. The molecule has 1 N–H and O–H groups in total. The number of hydrogen-bond donors (Lipinski definition) is 1. The minimum Gasteiger partial charge on any atom is -0.367 e. The number of nitrogens with one attached hydrogen (secondary N) is 1. The van der Waals surface area contributed by atoms with E-state index in [0.717, 1.165) is 17.9 Å². The smallest absolute Gasteiger partial charge is 0.367 e. The van der Waals surface area contributed by atoms with Gasteiger partial charge in [-0.05, 0) is 42.9 Å². The molecule has 3 saturated carbocycles. The summed E-state index contributed by atoms with van der Waals surface area (Å²) in [6, 6.07) is 1.32. The number of anilines is 1. The van der Waals surface area contributed by atoms with E-state index < -0.39 is 11.9 Å². The summed E-state index contributed by atoms with van der Waals surface area (Å²) in [7, 11) is 0. The van der Waals surface area contributed by atoms with Gasteiger partial charge in [-0.1, -0.05) is 0 Å². The molecule has 3 aliphatic carbocycles. The van der Waals surface area contributed by atoms with Gasteiger partial charge in [-0.15, -0.1) is 0 Å². The van der Waals surface area contributed by atoms with Crippen molar-refractivity contribution < 1.29 is 13.2 Å². The number of alkyl halides is 3. The van der Waals surface area contributed by atoms with Crippen LogP contribution in [0.4, 0.5) is 19.0 Å². The van der Waals surface area contributed by atoms with Gasteiger partial charge < -0.3 is 5.32 Å². The fraction of sp³-hybridized carbons (Fsp3) is 0.643. The summed E-state index contributed by atoms with van der Waals surface area (Å²) < 4.78 is 40.3. The highest BCUT2D eigenvalue weighted by Gasteiger charge is 2.65. The summed E-state index contributed by atoms with van der Waals surface area (Å²) in [5.74, 6) is 3.07. The second-order valence-electron chi connectivity index (χ2n) is 6.65. The fourth-order valence-corrected chi connectivity index (χ4v) is 4.75. The van der Waals surface area contributed by atoms with E-state index in [0.29, 0.717) is 17.7 Å². The zero-order valence-corrected chi connectivity index (χ0v) is 11.6. The molecule has 5 rings (SSSR count). The van der Waals surface area contributed by atoms with Crippen LogP contribution in [0.1, 0.15) is 25.0 Å². The summed E-state index contributed by atoms with van der Waals surface area (Å²) >= 11 is 0. The fourth-order valence-electron chi connectivity index (χ4n) is 4.75. The van der Waals surface area contributed by atoms with Gasteiger partial charge in [0, 0.05) is 12.1 Å². The molecule has 3 aliphatic rings. The second kappa shape index (κ2) is 3.91. The minimum absolute atomic E-state index is 0.0221. The molecule has 2 bridgehead atoms. The molecule has 2 aromatic heterocycles. The molecule has 5 nitrogen and oxygen atoms in total. The molecule has 0 aromatic carbocycles. The maximum Gasteiger partial charge on any atom is 0.433 e. The maximum absolute atomic E-state index is 13.0. The topological polar surface area (TPSA) is 55.1 Å². The maximum atomic E-state index is 13.0. The van der Waals surface area contributed by atoms with E-state index in [9.17, 15) is 13.2 Å². The van der Waals surface area contributed by atoms with Gasteiger partial charge in [-0.3, -0.25) is 0 Å². The van der Waals surface area contributed by atoms with Crippen LogP contribution in [0.2, 0.25) is 0 Å². The van der Waals surface area contributed by atoms with Crippen LogP contribution in [0.5, 0.6) is 0 Å². The SMILES string of the molecule is FC(F)(F)c1cc(NC2C3C4CCC(C4)C23)n2ncnc2n1. The molecule has 0 saturated heterocycles. The molecular formula is C14H14F3N5. The lowest BCUT2D eigenvalue weighted by Gasteiger charge is -2.14. The molecule has 116 valence electrons. The van der Waals surface area contributed by atoms with E-state index in [1.54, 1.807) is 0 Å². The zero-order valence-electron chi connectivity index (χ0n) is 11.6. The van der Waals surface area contributed by atoms with Crippen LogP contribution in [0, 0.1) is 23.7 Å². The first-order valence-corrected chi connectivity index (χ1v) is 7.57. The third-order valence-corrected chi connectivity index (χ3v) is 5.59. The predicted molar refractivity (Wildman–Crippen MR) is 71.0 cm³/mol. The van der Waals surface area contributed by atoms with Crippen LogP contribution in [-0.4, -0.2) is 25.6 Å². The molecule has 3 fully saturated rings. The quantitative estimate of drug-likeness (QED) is 0.926. The molecule has 0 aliphatic heterocycles. The van der Waals surface area contributed by atoms with E-state index in [-0.39, 0.29) is 11.8 Å². The zero-order chi connectivity index (χ0) is 15.1. The molecule has 0 radical (unpaired) electrons. The number of halogens is 3. The standard InChI is InChI=1S/C14H14F3N5/c15-14(16,17)8-4-9(22-13(20-8)18-5-19-22)21-12-10-6-1-2-7(3-6)11(10)12/h4-7,10-12,21H,1-3H2. The first-order chi connectivity index (χ1) is 10.5. The lowest BCUT2D eigenvalue weighted by atomic mass is 10.0. The van der Waals surface area contributed by atoms with Crippen molar-refractivity contribution in [3.63, 3.8) is 0 Å². The normalized spacial score (nSPS) is 35.9. The summed E-state index contributed by atoms with van der Waals surface area (Å²) in [5, 5.41) is 7.26. The van der Waals surface area contributed by atoms with Crippen molar-refractivity contribution in [3.05, 3.63) is 18.1 Å².